The van der Waals surface area contributed by atoms with Gasteiger partial charge in [0, 0.05) is 49.9 Å². The number of benzene rings is 1. The third-order valence-electron chi connectivity index (χ3n) is 5.44. The molecule has 0 amide bonds. The van der Waals surface area contributed by atoms with E-state index in [0.29, 0.717) is 6.54 Å². The second-order valence-electron chi connectivity index (χ2n) is 7.19. The minimum absolute atomic E-state index is 0.146. The molecule has 1 unspecified atom stereocenters. The van der Waals surface area contributed by atoms with Crippen LogP contribution >= 0.6 is 0 Å². The Balaban J connectivity index is 1.87. The van der Waals surface area contributed by atoms with E-state index in [0.717, 1.165) is 36.1 Å². The first kappa shape index (κ1) is 19.6. The Bertz CT molecular complexity index is 972. The standard InChI is InChI=1S/C21H23F2N5/c1-5-25-20-16(6-8-26-20)14(2)28-9-7-21(3,13-28)27(4)19-11-15(22)10-18(23)17(19)12-24/h5-6,8,10-11,26H,2,7,9,13H2,1,3-4H3. The Morgan fingerprint density at radius 2 is 2.21 bits per heavy atom. The van der Waals surface area contributed by atoms with E-state index < -0.39 is 17.2 Å². The van der Waals surface area contributed by atoms with Crippen molar-refractivity contribution in [3.05, 3.63) is 53.7 Å². The Hall–Kier alpha value is -3.14. The van der Waals surface area contributed by atoms with Crippen LogP contribution in [-0.2, 0) is 0 Å². The molecule has 3 rings (SSSR count). The Morgan fingerprint density at radius 3 is 2.89 bits per heavy atom. The molecule has 0 spiro atoms. The molecule has 0 radical (unpaired) electrons. The van der Waals surface area contributed by atoms with Crippen LogP contribution in [0.1, 0.15) is 31.4 Å². The number of hydrogen-bond acceptors (Lipinski definition) is 4. The molecule has 28 heavy (non-hydrogen) atoms. The molecule has 1 aliphatic heterocycles. The molecule has 0 bridgehead atoms. The lowest BCUT2D eigenvalue weighted by atomic mass is 9.97. The number of halogens is 2. The summed E-state index contributed by atoms with van der Waals surface area (Å²) < 4.78 is 27.9. The lowest BCUT2D eigenvalue weighted by Gasteiger charge is -2.38. The summed E-state index contributed by atoms with van der Waals surface area (Å²) in [5.41, 5.74) is 1.45. The van der Waals surface area contributed by atoms with E-state index in [-0.39, 0.29) is 11.3 Å². The number of H-pyrrole nitrogens is 1. The highest BCUT2D eigenvalue weighted by atomic mass is 19.1. The van der Waals surface area contributed by atoms with E-state index in [1.165, 1.54) is 6.07 Å². The van der Waals surface area contributed by atoms with Crippen molar-refractivity contribution >= 4 is 23.4 Å². The van der Waals surface area contributed by atoms with Crippen molar-refractivity contribution in [3.8, 4) is 6.07 Å². The van der Waals surface area contributed by atoms with Gasteiger partial charge in [0.15, 0.2) is 0 Å². The first-order valence-corrected chi connectivity index (χ1v) is 9.04. The first-order chi connectivity index (χ1) is 13.3. The van der Waals surface area contributed by atoms with E-state index in [9.17, 15) is 14.0 Å². The summed E-state index contributed by atoms with van der Waals surface area (Å²) in [5, 5.41) is 9.33. The molecule has 1 aromatic carbocycles. The Morgan fingerprint density at radius 1 is 1.46 bits per heavy atom. The molecule has 1 saturated heterocycles. The fraction of sp³-hybridized carbons (Fsp3) is 0.333. The van der Waals surface area contributed by atoms with Gasteiger partial charge in [-0.15, -0.1) is 0 Å². The maximum absolute atomic E-state index is 14.1. The van der Waals surface area contributed by atoms with Gasteiger partial charge < -0.3 is 14.8 Å². The van der Waals surface area contributed by atoms with E-state index in [1.807, 2.05) is 32.2 Å². The molecule has 7 heteroatoms. The van der Waals surface area contributed by atoms with Crippen LogP contribution in [0.2, 0.25) is 0 Å². The largest absolute Gasteiger partial charge is 0.369 e. The SMILES string of the molecule is C=C(c1cc[nH]c1N=CC)N1CCC(C)(N(C)c2cc(F)cc(F)c2C#N)C1. The van der Waals surface area contributed by atoms with Crippen LogP contribution in [0, 0.1) is 23.0 Å². The smallest absolute Gasteiger partial charge is 0.145 e. The van der Waals surface area contributed by atoms with Crippen LogP contribution in [0.5, 0.6) is 0 Å². The normalized spacial score (nSPS) is 19.2. The van der Waals surface area contributed by atoms with Crippen molar-refractivity contribution in [1.82, 2.24) is 9.88 Å². The number of aliphatic imine (C=N–C) groups is 1. The molecule has 5 nitrogen and oxygen atoms in total. The third kappa shape index (κ3) is 3.38. The maximum Gasteiger partial charge on any atom is 0.145 e. The summed E-state index contributed by atoms with van der Waals surface area (Å²) in [6.45, 7) is 9.43. The fourth-order valence-corrected chi connectivity index (χ4v) is 3.68. The molecule has 0 aliphatic carbocycles. The molecule has 1 aromatic heterocycles. The topological polar surface area (TPSA) is 58.4 Å². The second-order valence-corrected chi connectivity index (χ2v) is 7.19. The van der Waals surface area contributed by atoms with Gasteiger partial charge in [0.05, 0.1) is 11.2 Å². The molecule has 1 fully saturated rings. The van der Waals surface area contributed by atoms with Crippen LogP contribution in [0.25, 0.3) is 5.70 Å². The first-order valence-electron chi connectivity index (χ1n) is 9.04. The lowest BCUT2D eigenvalue weighted by molar-refractivity contribution is 0.421. The van der Waals surface area contributed by atoms with Gasteiger partial charge in [-0.05, 0) is 32.4 Å². The predicted molar refractivity (Wildman–Crippen MR) is 108 cm³/mol. The van der Waals surface area contributed by atoms with Crippen molar-refractivity contribution < 1.29 is 8.78 Å². The number of hydrogen-bond donors (Lipinski definition) is 1. The Labute approximate surface area is 163 Å². The van der Waals surface area contributed by atoms with Crippen LogP contribution in [-0.4, -0.2) is 41.8 Å². The van der Waals surface area contributed by atoms with Gasteiger partial charge in [-0.25, -0.2) is 13.8 Å². The molecular formula is C21H23F2N5. The second kappa shape index (κ2) is 7.47. The third-order valence-corrected chi connectivity index (χ3v) is 5.44. The van der Waals surface area contributed by atoms with Crippen molar-refractivity contribution in [3.63, 3.8) is 0 Å². The van der Waals surface area contributed by atoms with Gasteiger partial charge >= 0.3 is 0 Å². The van der Waals surface area contributed by atoms with Gasteiger partial charge in [-0.2, -0.15) is 5.26 Å². The zero-order valence-electron chi connectivity index (χ0n) is 16.3. The van der Waals surface area contributed by atoms with E-state index in [2.05, 4.69) is 21.5 Å². The molecule has 146 valence electrons. The fourth-order valence-electron chi connectivity index (χ4n) is 3.68. The Kier molecular flexibility index (Phi) is 5.23. The summed E-state index contributed by atoms with van der Waals surface area (Å²) in [6.07, 6.45) is 4.29. The van der Waals surface area contributed by atoms with Crippen molar-refractivity contribution in [2.24, 2.45) is 4.99 Å². The van der Waals surface area contributed by atoms with E-state index in [4.69, 9.17) is 0 Å². The summed E-state index contributed by atoms with van der Waals surface area (Å²) in [6, 6.07) is 5.74. The molecule has 2 heterocycles. The molecule has 0 saturated carbocycles. The monoisotopic (exact) mass is 383 g/mol. The van der Waals surface area contributed by atoms with Gasteiger partial charge in [0.1, 0.15) is 29.1 Å². The summed E-state index contributed by atoms with van der Waals surface area (Å²) in [7, 11) is 1.77. The number of likely N-dealkylation sites (N-methyl/N-ethyl adjacent to an activating group) is 1. The van der Waals surface area contributed by atoms with Crippen molar-refractivity contribution in [2.45, 2.75) is 25.8 Å². The van der Waals surface area contributed by atoms with Gasteiger partial charge in [-0.3, -0.25) is 0 Å². The van der Waals surface area contributed by atoms with Gasteiger partial charge in [-0.1, -0.05) is 6.58 Å². The maximum atomic E-state index is 14.1. The van der Waals surface area contributed by atoms with Gasteiger partial charge in [0.2, 0.25) is 0 Å². The zero-order valence-corrected chi connectivity index (χ0v) is 16.3. The lowest BCUT2D eigenvalue weighted by Crippen LogP contribution is -2.46. The molecule has 1 atom stereocenters. The van der Waals surface area contributed by atoms with Crippen molar-refractivity contribution in [1.29, 1.82) is 5.26 Å². The number of nitrogens with zero attached hydrogens (tertiary/aromatic N) is 4. The highest BCUT2D eigenvalue weighted by Gasteiger charge is 2.39. The quantitative estimate of drug-likeness (QED) is 0.776. The van der Waals surface area contributed by atoms with Crippen LogP contribution in [0.4, 0.5) is 20.3 Å². The number of nitriles is 1. The number of aromatic nitrogens is 1. The minimum Gasteiger partial charge on any atom is -0.369 e. The average Bonchev–Trinajstić information content (AvgIpc) is 3.28. The molecule has 1 aliphatic rings. The zero-order chi connectivity index (χ0) is 20.5. The van der Waals surface area contributed by atoms with Gasteiger partial charge in [0.25, 0.3) is 0 Å². The molecule has 1 N–H and O–H groups in total. The number of likely N-dealkylation sites (tertiary alicyclic amines) is 1. The number of aromatic amines is 1. The molecular weight excluding hydrogens is 360 g/mol. The highest BCUT2D eigenvalue weighted by Crippen LogP contribution is 2.37. The minimum atomic E-state index is -0.846. The average molecular weight is 383 g/mol. The summed E-state index contributed by atoms with van der Waals surface area (Å²) in [5.74, 6) is -0.800. The molecule has 2 aromatic rings. The summed E-state index contributed by atoms with van der Waals surface area (Å²) >= 11 is 0. The predicted octanol–water partition coefficient (Wildman–Crippen LogP) is 4.46. The number of nitrogens with one attached hydrogen (secondary N) is 1. The van der Waals surface area contributed by atoms with Crippen LogP contribution in [0.3, 0.4) is 0 Å². The number of anilines is 1. The van der Waals surface area contributed by atoms with Crippen LogP contribution < -0.4 is 4.90 Å². The van der Waals surface area contributed by atoms with E-state index >= 15 is 0 Å². The number of rotatable bonds is 5. The van der Waals surface area contributed by atoms with Crippen molar-refractivity contribution in [2.75, 3.05) is 25.0 Å². The van der Waals surface area contributed by atoms with Crippen LogP contribution in [0.15, 0.2) is 36.0 Å². The highest BCUT2D eigenvalue weighted by molar-refractivity contribution is 5.74. The summed E-state index contributed by atoms with van der Waals surface area (Å²) in [4.78, 5) is 11.3. The van der Waals surface area contributed by atoms with E-state index in [1.54, 1.807) is 18.2 Å².